The molecule has 1 aliphatic heterocycles. The lowest BCUT2D eigenvalue weighted by Gasteiger charge is -2.16. The largest absolute Gasteiger partial charge is 0.573 e. The summed E-state index contributed by atoms with van der Waals surface area (Å²) in [4.78, 5) is -0.252. The first-order valence-corrected chi connectivity index (χ1v) is 7.26. The first-order chi connectivity index (χ1) is 9.59. The summed E-state index contributed by atoms with van der Waals surface area (Å²) in [7, 11) is -3.99. The van der Waals surface area contributed by atoms with Gasteiger partial charge in [0.1, 0.15) is 5.75 Å². The molecule has 0 saturated carbocycles. The minimum absolute atomic E-state index is 0.252. The zero-order valence-corrected chi connectivity index (χ0v) is 11.3. The first kappa shape index (κ1) is 16.0. The Balaban J connectivity index is 2.18. The van der Waals surface area contributed by atoms with Crippen LogP contribution in [-0.4, -0.2) is 54.6 Å². The molecular formula is C11H12F3NO5S. The number of aliphatic hydroxyl groups is 2. The molecule has 2 N–H and O–H groups in total. The molecule has 1 aliphatic rings. The topological polar surface area (TPSA) is 87.1 Å². The average molecular weight is 327 g/mol. The number of hydrogen-bond donors (Lipinski definition) is 2. The molecule has 0 aromatic heterocycles. The van der Waals surface area contributed by atoms with E-state index in [9.17, 15) is 31.8 Å². The zero-order chi connectivity index (χ0) is 15.8. The lowest BCUT2D eigenvalue weighted by atomic mass is 10.3. The molecule has 0 amide bonds. The van der Waals surface area contributed by atoms with Crippen LogP contribution in [0.5, 0.6) is 5.75 Å². The molecule has 1 heterocycles. The Kier molecular flexibility index (Phi) is 4.15. The van der Waals surface area contributed by atoms with Crippen molar-refractivity contribution in [2.24, 2.45) is 0 Å². The molecular weight excluding hydrogens is 315 g/mol. The lowest BCUT2D eigenvalue weighted by Crippen LogP contribution is -2.30. The second-order valence-electron chi connectivity index (χ2n) is 4.48. The van der Waals surface area contributed by atoms with Crippen molar-refractivity contribution in [3.63, 3.8) is 0 Å². The number of benzene rings is 1. The van der Waals surface area contributed by atoms with Crippen molar-refractivity contribution in [1.82, 2.24) is 4.31 Å². The third kappa shape index (κ3) is 3.64. The smallest absolute Gasteiger partial charge is 0.406 e. The Morgan fingerprint density at radius 2 is 1.57 bits per heavy atom. The van der Waals surface area contributed by atoms with Gasteiger partial charge in [0.2, 0.25) is 10.0 Å². The highest BCUT2D eigenvalue weighted by Crippen LogP contribution is 2.26. The van der Waals surface area contributed by atoms with E-state index >= 15 is 0 Å². The van der Waals surface area contributed by atoms with E-state index in [2.05, 4.69) is 4.74 Å². The molecule has 1 aromatic carbocycles. The zero-order valence-electron chi connectivity index (χ0n) is 10.5. The number of nitrogens with zero attached hydrogens (tertiary/aromatic N) is 1. The van der Waals surface area contributed by atoms with Crippen LogP contribution in [0.2, 0.25) is 0 Å². The van der Waals surface area contributed by atoms with E-state index < -0.39 is 34.3 Å². The molecule has 0 aliphatic carbocycles. The lowest BCUT2D eigenvalue weighted by molar-refractivity contribution is -0.274. The van der Waals surface area contributed by atoms with E-state index in [1.165, 1.54) is 0 Å². The van der Waals surface area contributed by atoms with Crippen molar-refractivity contribution >= 4 is 10.0 Å². The van der Waals surface area contributed by atoms with E-state index in [-0.39, 0.29) is 18.0 Å². The fourth-order valence-corrected chi connectivity index (χ4v) is 3.37. The van der Waals surface area contributed by atoms with Crippen LogP contribution in [0.4, 0.5) is 13.2 Å². The minimum atomic E-state index is -4.86. The van der Waals surface area contributed by atoms with Crippen LogP contribution in [0, 0.1) is 0 Å². The third-order valence-electron chi connectivity index (χ3n) is 2.92. The third-order valence-corrected chi connectivity index (χ3v) is 4.77. The fraction of sp³-hybridized carbons (Fsp3) is 0.455. The maximum absolute atomic E-state index is 12.2. The van der Waals surface area contributed by atoms with Gasteiger partial charge in [0.15, 0.2) is 0 Å². The summed E-state index contributed by atoms with van der Waals surface area (Å²) in [6, 6.07) is 3.69. The number of alkyl halides is 3. The summed E-state index contributed by atoms with van der Waals surface area (Å²) >= 11 is 0. The molecule has 118 valence electrons. The summed E-state index contributed by atoms with van der Waals surface area (Å²) < 4.78 is 64.8. The SMILES string of the molecule is O=S(=O)(c1ccc(OC(F)(F)F)cc1)N1CC(O)C(O)C1. The van der Waals surface area contributed by atoms with E-state index in [0.29, 0.717) is 0 Å². The van der Waals surface area contributed by atoms with Crippen LogP contribution in [0.25, 0.3) is 0 Å². The molecule has 1 aromatic rings. The molecule has 2 rings (SSSR count). The Labute approximate surface area is 118 Å². The highest BCUT2D eigenvalue weighted by atomic mass is 32.2. The van der Waals surface area contributed by atoms with Crippen molar-refractivity contribution in [2.75, 3.05) is 13.1 Å². The van der Waals surface area contributed by atoms with Gasteiger partial charge in [-0.3, -0.25) is 0 Å². The summed E-state index contributed by atoms with van der Waals surface area (Å²) in [5, 5.41) is 18.7. The molecule has 6 nitrogen and oxygen atoms in total. The molecule has 0 bridgehead atoms. The molecule has 2 unspecified atom stereocenters. The molecule has 10 heteroatoms. The predicted octanol–water partition coefficient (Wildman–Crippen LogP) is 0.311. The highest BCUT2D eigenvalue weighted by molar-refractivity contribution is 7.89. The van der Waals surface area contributed by atoms with Crippen molar-refractivity contribution in [2.45, 2.75) is 23.5 Å². The first-order valence-electron chi connectivity index (χ1n) is 5.82. The molecule has 21 heavy (non-hydrogen) atoms. The van der Waals surface area contributed by atoms with E-state index in [0.717, 1.165) is 28.6 Å². The number of sulfonamides is 1. The molecule has 1 fully saturated rings. The van der Waals surface area contributed by atoms with Gasteiger partial charge in [0.05, 0.1) is 17.1 Å². The van der Waals surface area contributed by atoms with Crippen LogP contribution in [0.15, 0.2) is 29.2 Å². The van der Waals surface area contributed by atoms with Gasteiger partial charge in [0.25, 0.3) is 0 Å². The van der Waals surface area contributed by atoms with Crippen molar-refractivity contribution in [1.29, 1.82) is 0 Å². The monoisotopic (exact) mass is 327 g/mol. The summed E-state index contributed by atoms with van der Waals surface area (Å²) in [6.45, 7) is -0.547. The van der Waals surface area contributed by atoms with Gasteiger partial charge in [-0.2, -0.15) is 4.31 Å². The molecule has 1 saturated heterocycles. The Hall–Kier alpha value is -1.36. The van der Waals surface area contributed by atoms with Gasteiger partial charge in [0, 0.05) is 13.1 Å². The quantitative estimate of drug-likeness (QED) is 0.834. The van der Waals surface area contributed by atoms with Crippen LogP contribution in [0.3, 0.4) is 0 Å². The predicted molar refractivity (Wildman–Crippen MR) is 63.9 cm³/mol. The number of rotatable bonds is 3. The number of halogens is 3. The van der Waals surface area contributed by atoms with Crippen LogP contribution >= 0.6 is 0 Å². The second-order valence-corrected chi connectivity index (χ2v) is 6.41. The highest BCUT2D eigenvalue weighted by Gasteiger charge is 2.37. The van der Waals surface area contributed by atoms with Gasteiger partial charge in [-0.25, -0.2) is 8.42 Å². The summed E-state index contributed by atoms with van der Waals surface area (Å²) in [5.41, 5.74) is 0. The minimum Gasteiger partial charge on any atom is -0.406 e. The van der Waals surface area contributed by atoms with Gasteiger partial charge < -0.3 is 14.9 Å². The fourth-order valence-electron chi connectivity index (χ4n) is 1.89. The molecule has 2 atom stereocenters. The van der Waals surface area contributed by atoms with Crippen molar-refractivity contribution in [3.8, 4) is 5.75 Å². The Morgan fingerprint density at radius 1 is 1.10 bits per heavy atom. The second kappa shape index (κ2) is 5.44. The molecule has 0 radical (unpaired) electrons. The van der Waals surface area contributed by atoms with Crippen LogP contribution < -0.4 is 4.74 Å². The average Bonchev–Trinajstić information content (AvgIpc) is 2.69. The Bertz CT molecular complexity index is 591. The number of aliphatic hydroxyl groups excluding tert-OH is 2. The molecule has 0 spiro atoms. The Morgan fingerprint density at radius 3 is 2.00 bits per heavy atom. The maximum atomic E-state index is 12.2. The van der Waals surface area contributed by atoms with Gasteiger partial charge in [-0.1, -0.05) is 0 Å². The van der Waals surface area contributed by atoms with Crippen molar-refractivity contribution < 1.29 is 36.5 Å². The van der Waals surface area contributed by atoms with Crippen molar-refractivity contribution in [3.05, 3.63) is 24.3 Å². The van der Waals surface area contributed by atoms with Crippen LogP contribution in [0.1, 0.15) is 0 Å². The maximum Gasteiger partial charge on any atom is 0.573 e. The van der Waals surface area contributed by atoms with Crippen LogP contribution in [-0.2, 0) is 10.0 Å². The van der Waals surface area contributed by atoms with E-state index in [4.69, 9.17) is 0 Å². The van der Waals surface area contributed by atoms with E-state index in [1.807, 2.05) is 0 Å². The van der Waals surface area contributed by atoms with Gasteiger partial charge in [-0.05, 0) is 24.3 Å². The van der Waals surface area contributed by atoms with Gasteiger partial charge >= 0.3 is 6.36 Å². The van der Waals surface area contributed by atoms with Gasteiger partial charge in [-0.15, -0.1) is 13.2 Å². The number of β-amino-alcohol motifs (C(OH)–C–C–N with tert-alkyl or cyclic N) is 2. The standard InChI is InChI=1S/C11H12F3NO5S/c12-11(13,14)20-7-1-3-8(4-2-7)21(18,19)15-5-9(16)10(17)6-15/h1-4,9-10,16-17H,5-6H2. The summed E-state index contributed by atoms with van der Waals surface area (Å²) in [5.74, 6) is -0.539. The number of ether oxygens (including phenoxy) is 1. The normalized spacial score (nSPS) is 24.2. The number of hydrogen-bond acceptors (Lipinski definition) is 5. The van der Waals surface area contributed by atoms with E-state index in [1.54, 1.807) is 0 Å². The summed E-state index contributed by atoms with van der Waals surface area (Å²) in [6.07, 6.45) is -7.23.